The normalized spacial score (nSPS) is 14.1. The van der Waals surface area contributed by atoms with Crippen molar-refractivity contribution in [2.45, 2.75) is 658 Å². The standard InChI is InChI=1S/C122H246N4O15Si4/c1-28-34-40-46-52-54-56-62-72-91-115(130)135-99-81-89-111(141-145(26,27)121(16,17)18)105-126(103-109(139-143(22,23)119(10,11)12)87-70-64-79-98-137-117(132)107(84-67-59-50-44-38-32-5)85-68-60-51-45-39-33-6)95-77-75-93-124-113(128)101-122(19,133)100-112(127)123-92-74-76-94-125(104-110(140-144(24,25)120(13,14)15)88-73-80-96-134-114(129)90-71-61-55-53-47-41-35-29-2)102-108(138-142(20,21)118(7,8)9)86-69-63-78-97-136-116(131)106(82-65-57-48-42-36-30-3)83-66-58-49-43-37-31-4/h106-111,133H,28-105H2,1-27H3,(H,123,127)(H,124,128). The fourth-order valence-corrected chi connectivity index (χ4v) is 24.2. The third-order valence-corrected chi connectivity index (χ3v) is 50.5. The molecule has 3 N–H and O–H groups in total. The predicted octanol–water partition coefficient (Wildman–Crippen LogP) is 34.4. The van der Waals surface area contributed by atoms with E-state index in [1.165, 1.54) is 205 Å². The van der Waals surface area contributed by atoms with E-state index in [-0.39, 0.29) is 105 Å². The second kappa shape index (κ2) is 84.7. The Morgan fingerprint density at radius 1 is 0.255 bits per heavy atom. The van der Waals surface area contributed by atoms with Crippen LogP contribution in [0.1, 0.15) is 555 Å². The first-order valence-electron chi connectivity index (χ1n) is 61.6. The molecular formula is C122H246N4O15Si4. The van der Waals surface area contributed by atoms with Crippen LogP contribution in [-0.4, -0.2) is 193 Å². The van der Waals surface area contributed by atoms with Crippen molar-refractivity contribution in [2.75, 3.05) is 78.8 Å². The molecule has 0 saturated heterocycles. The van der Waals surface area contributed by atoms with Gasteiger partial charge in [-0.05, 0) is 227 Å². The molecular weight excluding hydrogens is 1870 g/mol. The van der Waals surface area contributed by atoms with Gasteiger partial charge in [0.15, 0.2) is 33.3 Å². The molecule has 0 saturated carbocycles. The van der Waals surface area contributed by atoms with Gasteiger partial charge in [0, 0.05) is 52.1 Å². The maximum atomic E-state index is 14.0. The zero-order chi connectivity index (χ0) is 109. The molecule has 5 unspecified atom stereocenters. The van der Waals surface area contributed by atoms with Gasteiger partial charge in [0.25, 0.3) is 0 Å². The quantitative estimate of drug-likeness (QED) is 0.0223. The molecule has 0 aliphatic rings. The summed E-state index contributed by atoms with van der Waals surface area (Å²) in [6, 6.07) is 0. The molecule has 5 atom stereocenters. The van der Waals surface area contributed by atoms with Crippen LogP contribution in [0, 0.1) is 11.8 Å². The number of hydrogen-bond donors (Lipinski definition) is 3. The molecule has 23 heteroatoms. The van der Waals surface area contributed by atoms with Gasteiger partial charge in [-0.1, -0.05) is 388 Å². The average Bonchev–Trinajstić information content (AvgIpc) is 0.826. The number of amides is 2. The first-order valence-corrected chi connectivity index (χ1v) is 73.3. The van der Waals surface area contributed by atoms with E-state index in [4.69, 9.17) is 36.7 Å². The van der Waals surface area contributed by atoms with Crippen molar-refractivity contribution in [1.29, 1.82) is 0 Å². The molecule has 0 radical (unpaired) electrons. The van der Waals surface area contributed by atoms with Gasteiger partial charge < -0.3 is 52.4 Å². The lowest BCUT2D eigenvalue weighted by atomic mass is 9.94. The van der Waals surface area contributed by atoms with Crippen LogP contribution in [0.25, 0.3) is 0 Å². The lowest BCUT2D eigenvalue weighted by molar-refractivity contribution is -0.150. The van der Waals surface area contributed by atoms with Crippen LogP contribution in [0.4, 0.5) is 0 Å². The molecule has 0 aromatic rings. The molecule has 0 aromatic carbocycles. The number of nitrogens with zero attached hydrogens (tertiary/aromatic N) is 2. The van der Waals surface area contributed by atoms with E-state index in [9.17, 15) is 33.9 Å². The monoisotopic (exact) mass is 2120 g/mol. The average molecular weight is 2120 g/mol. The van der Waals surface area contributed by atoms with Gasteiger partial charge in [-0.2, -0.15) is 0 Å². The van der Waals surface area contributed by atoms with Gasteiger partial charge in [0.05, 0.1) is 81.1 Å². The zero-order valence-corrected chi connectivity index (χ0v) is 105. The van der Waals surface area contributed by atoms with E-state index >= 15 is 0 Å². The third kappa shape index (κ3) is 76.6. The Morgan fingerprint density at radius 3 is 0.724 bits per heavy atom. The van der Waals surface area contributed by atoms with Crippen molar-refractivity contribution in [1.82, 2.24) is 20.4 Å². The number of rotatable bonds is 100. The van der Waals surface area contributed by atoms with Crippen molar-refractivity contribution in [2.24, 2.45) is 11.8 Å². The van der Waals surface area contributed by atoms with Crippen LogP contribution in [0.3, 0.4) is 0 Å². The second-order valence-corrected chi connectivity index (χ2v) is 70.0. The van der Waals surface area contributed by atoms with Gasteiger partial charge >= 0.3 is 23.9 Å². The minimum Gasteiger partial charge on any atom is -0.466 e. The largest absolute Gasteiger partial charge is 0.466 e. The summed E-state index contributed by atoms with van der Waals surface area (Å²) >= 11 is 0. The number of hydrogen-bond acceptors (Lipinski definition) is 17. The third-order valence-electron chi connectivity index (χ3n) is 32.4. The Balaban J connectivity index is 7.07. The lowest BCUT2D eigenvalue weighted by Gasteiger charge is -2.42. The highest BCUT2D eigenvalue weighted by atomic mass is 28.4. The van der Waals surface area contributed by atoms with E-state index in [1.54, 1.807) is 6.92 Å². The molecule has 19 nitrogen and oxygen atoms in total. The molecule has 0 bridgehead atoms. The van der Waals surface area contributed by atoms with Crippen LogP contribution in [-0.2, 0) is 65.4 Å². The molecule has 2 amide bonds. The van der Waals surface area contributed by atoms with Crippen LogP contribution in [0.2, 0.25) is 72.5 Å². The Hall–Kier alpha value is -2.59. The van der Waals surface area contributed by atoms with Crippen LogP contribution in [0.5, 0.6) is 0 Å². The van der Waals surface area contributed by atoms with Crippen LogP contribution in [0.15, 0.2) is 0 Å². The Kier molecular flexibility index (Phi) is 83.2. The van der Waals surface area contributed by atoms with E-state index in [0.29, 0.717) is 91.3 Å². The Labute approximate surface area is 902 Å². The van der Waals surface area contributed by atoms with Gasteiger partial charge in [-0.25, -0.2) is 0 Å². The van der Waals surface area contributed by atoms with Crippen molar-refractivity contribution in [3.8, 4) is 0 Å². The Bertz CT molecular complexity index is 3100. The maximum absolute atomic E-state index is 14.0. The number of unbranched alkanes of at least 4 members (excludes halogenated alkanes) is 42. The molecule has 0 fully saturated rings. The summed E-state index contributed by atoms with van der Waals surface area (Å²) in [6.45, 7) is 68.4. The second-order valence-electron chi connectivity index (χ2n) is 51.0. The van der Waals surface area contributed by atoms with Crippen LogP contribution >= 0.6 is 0 Å². The van der Waals surface area contributed by atoms with E-state index in [1.807, 2.05) is 0 Å². The topological polar surface area (TPSA) is 227 Å². The summed E-state index contributed by atoms with van der Waals surface area (Å²) in [4.78, 5) is 87.0. The van der Waals surface area contributed by atoms with Crippen LogP contribution < -0.4 is 10.6 Å². The number of aliphatic hydroxyl groups is 1. The van der Waals surface area contributed by atoms with E-state index in [2.05, 4.69) is 197 Å². The maximum Gasteiger partial charge on any atom is 0.308 e. The lowest BCUT2D eigenvalue weighted by Crippen LogP contribution is -2.50. The number of ether oxygens (including phenoxy) is 4. The fraction of sp³-hybridized carbons (Fsp3) is 0.951. The molecule has 0 heterocycles. The van der Waals surface area contributed by atoms with Crippen molar-refractivity contribution >= 4 is 69.0 Å². The van der Waals surface area contributed by atoms with E-state index in [0.717, 1.165) is 193 Å². The smallest absolute Gasteiger partial charge is 0.308 e. The molecule has 0 rings (SSSR count). The first-order chi connectivity index (χ1) is 68.6. The fourth-order valence-electron chi connectivity index (χ4n) is 18.7. The number of esters is 4. The predicted molar refractivity (Wildman–Crippen MR) is 627 cm³/mol. The van der Waals surface area contributed by atoms with Gasteiger partial charge in [-0.3, -0.25) is 38.6 Å². The number of carbonyl (C=O) groups is 6. The van der Waals surface area contributed by atoms with Crippen molar-refractivity contribution < 1.29 is 70.5 Å². The summed E-state index contributed by atoms with van der Waals surface area (Å²) in [6.07, 6.45) is 67.2. The van der Waals surface area contributed by atoms with Gasteiger partial charge in [0.1, 0.15) is 0 Å². The van der Waals surface area contributed by atoms with E-state index < -0.39 is 38.9 Å². The molecule has 0 aromatic heterocycles. The van der Waals surface area contributed by atoms with Crippen molar-refractivity contribution in [3.63, 3.8) is 0 Å². The van der Waals surface area contributed by atoms with Gasteiger partial charge in [-0.15, -0.1) is 0 Å². The molecule has 860 valence electrons. The number of carbonyl (C=O) groups excluding carboxylic acids is 6. The summed E-state index contributed by atoms with van der Waals surface area (Å²) in [5.74, 6) is -0.855. The van der Waals surface area contributed by atoms with Gasteiger partial charge in [0.2, 0.25) is 11.8 Å². The number of nitrogens with one attached hydrogen (secondary N) is 2. The minimum atomic E-state index is -2.31. The molecule has 0 aliphatic carbocycles. The molecule has 145 heavy (non-hydrogen) atoms. The summed E-state index contributed by atoms with van der Waals surface area (Å²) in [5, 5.41) is 18.1. The van der Waals surface area contributed by atoms with Crippen molar-refractivity contribution in [3.05, 3.63) is 0 Å². The zero-order valence-electron chi connectivity index (χ0n) is 101. The highest BCUT2D eigenvalue weighted by molar-refractivity contribution is 6.75. The minimum absolute atomic E-state index is 0.00202. The Morgan fingerprint density at radius 2 is 0.462 bits per heavy atom. The summed E-state index contributed by atoms with van der Waals surface area (Å²) in [5.41, 5.74) is -1.58. The molecule has 0 aliphatic heterocycles. The highest BCUT2D eigenvalue weighted by Gasteiger charge is 2.44. The molecule has 0 spiro atoms. The SMILES string of the molecule is CCCCCCCCCCCC(=O)OCCCC(CN(CCCCNC(=O)CC(C)(O)CC(=O)NCCCCN(CC(CCCCCOC(=O)C(CCCCCCCC)CCCCCCCC)O[Si](C)(C)C(C)(C)C)CC(CCCCOC(=O)CCCCCCCCCC)O[Si](C)(C)C(C)(C)C)CC(CCCCCOC(=O)C(CCCCCCCC)CCCCCCCC)O[Si](C)(C)C(C)(C)C)O[Si](C)(C)C(C)(C)C. The highest BCUT2D eigenvalue weighted by Crippen LogP contribution is 2.43. The summed E-state index contributed by atoms with van der Waals surface area (Å²) < 4.78 is 54.0. The summed E-state index contributed by atoms with van der Waals surface area (Å²) in [7, 11) is -9.16. The first kappa shape index (κ1) is 142.